The lowest BCUT2D eigenvalue weighted by atomic mass is 10.0. The highest BCUT2D eigenvalue weighted by atomic mass is 16.5. The molecule has 3 nitrogen and oxygen atoms in total. The van der Waals surface area contributed by atoms with E-state index < -0.39 is 0 Å². The minimum absolute atomic E-state index is 0.156. The van der Waals surface area contributed by atoms with Gasteiger partial charge in [0.25, 0.3) is 0 Å². The average molecular weight is 287 g/mol. The summed E-state index contributed by atoms with van der Waals surface area (Å²) in [5, 5.41) is 0. The molecule has 1 aromatic heterocycles. The second kappa shape index (κ2) is 6.35. The molecule has 1 heterocycles. The molecular formula is C18H25NO2. The second-order valence-electron chi connectivity index (χ2n) is 6.04. The van der Waals surface area contributed by atoms with Gasteiger partial charge in [0.1, 0.15) is 17.3 Å². The number of hydrogen-bond donors (Lipinski definition) is 1. The van der Waals surface area contributed by atoms with Gasteiger partial charge in [-0.15, -0.1) is 0 Å². The van der Waals surface area contributed by atoms with Gasteiger partial charge in [-0.05, 0) is 56.0 Å². The van der Waals surface area contributed by atoms with Crippen LogP contribution in [0.2, 0.25) is 0 Å². The lowest BCUT2D eigenvalue weighted by Gasteiger charge is -2.23. The van der Waals surface area contributed by atoms with E-state index in [1.807, 2.05) is 26.0 Å². The van der Waals surface area contributed by atoms with E-state index >= 15 is 0 Å². The van der Waals surface area contributed by atoms with Crippen LogP contribution in [0.1, 0.15) is 55.4 Å². The Hall–Kier alpha value is -1.74. The van der Waals surface area contributed by atoms with Crippen molar-refractivity contribution >= 4 is 0 Å². The van der Waals surface area contributed by atoms with Gasteiger partial charge in [-0.3, -0.25) is 0 Å². The van der Waals surface area contributed by atoms with Gasteiger partial charge in [0.05, 0.1) is 0 Å². The third-order valence-electron chi connectivity index (χ3n) is 3.56. The maximum absolute atomic E-state index is 6.23. The van der Waals surface area contributed by atoms with Crippen molar-refractivity contribution in [2.75, 3.05) is 0 Å². The van der Waals surface area contributed by atoms with Crippen LogP contribution in [-0.2, 0) is 0 Å². The van der Waals surface area contributed by atoms with E-state index in [4.69, 9.17) is 14.9 Å². The summed E-state index contributed by atoms with van der Waals surface area (Å²) in [6.07, 6.45) is -0.280. The van der Waals surface area contributed by atoms with E-state index in [-0.39, 0.29) is 12.1 Å². The monoisotopic (exact) mass is 287 g/mol. The summed E-state index contributed by atoms with van der Waals surface area (Å²) in [6.45, 7) is 10.3. The summed E-state index contributed by atoms with van der Waals surface area (Å²) in [4.78, 5) is 0. The Morgan fingerprint density at radius 1 is 1.05 bits per heavy atom. The van der Waals surface area contributed by atoms with Gasteiger partial charge in [-0.2, -0.15) is 0 Å². The highest BCUT2D eigenvalue weighted by molar-refractivity contribution is 5.39. The molecule has 2 aromatic rings. The molecule has 2 unspecified atom stereocenters. The van der Waals surface area contributed by atoms with Crippen molar-refractivity contribution in [3.8, 4) is 5.75 Å². The van der Waals surface area contributed by atoms with Crippen LogP contribution < -0.4 is 10.5 Å². The lowest BCUT2D eigenvalue weighted by molar-refractivity contribution is 0.150. The summed E-state index contributed by atoms with van der Waals surface area (Å²) < 4.78 is 11.9. The summed E-state index contributed by atoms with van der Waals surface area (Å²) in [5.74, 6) is 2.93. The first-order valence-corrected chi connectivity index (χ1v) is 7.47. The zero-order valence-electron chi connectivity index (χ0n) is 13.5. The Kier molecular flexibility index (Phi) is 4.73. The molecule has 0 aliphatic rings. The molecule has 2 rings (SSSR count). The largest absolute Gasteiger partial charge is 0.481 e. The Labute approximate surface area is 127 Å². The van der Waals surface area contributed by atoms with Gasteiger partial charge in [-0.25, -0.2) is 0 Å². The zero-order chi connectivity index (χ0) is 15.6. The van der Waals surface area contributed by atoms with Crippen molar-refractivity contribution in [3.63, 3.8) is 0 Å². The molecule has 0 radical (unpaired) electrons. The molecular weight excluding hydrogens is 262 g/mol. The molecule has 0 aliphatic heterocycles. The summed E-state index contributed by atoms with van der Waals surface area (Å²) in [7, 11) is 0. The van der Waals surface area contributed by atoms with E-state index in [0.717, 1.165) is 17.3 Å². The predicted molar refractivity (Wildman–Crippen MR) is 85.7 cm³/mol. The number of furan rings is 1. The smallest absolute Gasteiger partial charge is 0.171 e. The third-order valence-corrected chi connectivity index (χ3v) is 3.56. The van der Waals surface area contributed by atoms with E-state index in [1.165, 1.54) is 11.1 Å². The van der Waals surface area contributed by atoms with Crippen molar-refractivity contribution in [3.05, 3.63) is 53.0 Å². The van der Waals surface area contributed by atoms with E-state index in [9.17, 15) is 0 Å². The van der Waals surface area contributed by atoms with Crippen molar-refractivity contribution in [2.45, 2.75) is 52.7 Å². The van der Waals surface area contributed by atoms with E-state index in [0.29, 0.717) is 5.92 Å². The fourth-order valence-electron chi connectivity index (χ4n) is 2.39. The lowest BCUT2D eigenvalue weighted by Crippen LogP contribution is -2.29. The standard InChI is InChI=1S/C18H25NO2/c1-11(2)15-8-6-12(3)10-17(15)21-18(14(5)19)16-9-7-13(4)20-16/h6-11,14,18H,19H2,1-5H3. The predicted octanol–water partition coefficient (Wildman–Crippen LogP) is 4.49. The number of ether oxygens (including phenoxy) is 1. The molecule has 3 heteroatoms. The SMILES string of the molecule is Cc1ccc(C(C)C)c(OC(c2ccc(C)o2)C(C)N)c1. The summed E-state index contributed by atoms with van der Waals surface area (Å²) in [6, 6.07) is 10.0. The first-order chi connectivity index (χ1) is 9.88. The first kappa shape index (κ1) is 15.6. The van der Waals surface area contributed by atoms with Gasteiger partial charge < -0.3 is 14.9 Å². The van der Waals surface area contributed by atoms with Crippen molar-refractivity contribution in [1.82, 2.24) is 0 Å². The molecule has 0 saturated carbocycles. The molecule has 0 saturated heterocycles. The number of rotatable bonds is 5. The highest BCUT2D eigenvalue weighted by Crippen LogP contribution is 2.32. The van der Waals surface area contributed by atoms with E-state index in [2.05, 4.69) is 39.0 Å². The van der Waals surface area contributed by atoms with Crippen LogP contribution in [0.4, 0.5) is 0 Å². The zero-order valence-corrected chi connectivity index (χ0v) is 13.5. The van der Waals surface area contributed by atoms with Gasteiger partial charge in [-0.1, -0.05) is 26.0 Å². The average Bonchev–Trinajstić information content (AvgIpc) is 2.81. The number of hydrogen-bond acceptors (Lipinski definition) is 3. The van der Waals surface area contributed by atoms with Gasteiger partial charge in [0, 0.05) is 6.04 Å². The van der Waals surface area contributed by atoms with Crippen LogP contribution >= 0.6 is 0 Å². The summed E-state index contributed by atoms with van der Waals surface area (Å²) >= 11 is 0. The molecule has 0 fully saturated rings. The summed E-state index contributed by atoms with van der Waals surface area (Å²) in [5.41, 5.74) is 8.47. The van der Waals surface area contributed by atoms with Crippen LogP contribution in [0.5, 0.6) is 5.75 Å². The van der Waals surface area contributed by atoms with Gasteiger partial charge >= 0.3 is 0 Å². The Balaban J connectivity index is 2.35. The molecule has 21 heavy (non-hydrogen) atoms. The minimum atomic E-state index is -0.280. The molecule has 2 N–H and O–H groups in total. The first-order valence-electron chi connectivity index (χ1n) is 7.47. The van der Waals surface area contributed by atoms with Crippen molar-refractivity contribution in [1.29, 1.82) is 0 Å². The van der Waals surface area contributed by atoms with Crippen molar-refractivity contribution < 1.29 is 9.15 Å². The Bertz CT molecular complexity index is 599. The molecule has 1 aromatic carbocycles. The quantitative estimate of drug-likeness (QED) is 0.881. The number of nitrogens with two attached hydrogens (primary N) is 1. The van der Waals surface area contributed by atoms with Crippen LogP contribution in [0.25, 0.3) is 0 Å². The molecule has 114 valence electrons. The molecule has 2 atom stereocenters. The fourth-order valence-corrected chi connectivity index (χ4v) is 2.39. The maximum Gasteiger partial charge on any atom is 0.171 e. The molecule has 0 aliphatic carbocycles. The third kappa shape index (κ3) is 3.67. The van der Waals surface area contributed by atoms with Crippen LogP contribution in [0, 0.1) is 13.8 Å². The van der Waals surface area contributed by atoms with Gasteiger partial charge in [0.15, 0.2) is 6.10 Å². The van der Waals surface area contributed by atoms with E-state index in [1.54, 1.807) is 0 Å². The molecule has 0 amide bonds. The number of benzene rings is 1. The van der Waals surface area contributed by atoms with Crippen molar-refractivity contribution in [2.24, 2.45) is 5.73 Å². The topological polar surface area (TPSA) is 48.4 Å². The highest BCUT2D eigenvalue weighted by Gasteiger charge is 2.23. The van der Waals surface area contributed by atoms with Crippen LogP contribution in [0.15, 0.2) is 34.7 Å². The molecule has 0 spiro atoms. The Morgan fingerprint density at radius 3 is 2.29 bits per heavy atom. The second-order valence-corrected chi connectivity index (χ2v) is 6.04. The Morgan fingerprint density at radius 2 is 1.76 bits per heavy atom. The molecule has 0 bridgehead atoms. The van der Waals surface area contributed by atoms with Crippen LogP contribution in [0.3, 0.4) is 0 Å². The fraction of sp³-hybridized carbons (Fsp3) is 0.444. The van der Waals surface area contributed by atoms with Crippen LogP contribution in [-0.4, -0.2) is 6.04 Å². The minimum Gasteiger partial charge on any atom is -0.481 e. The number of aryl methyl sites for hydroxylation is 2. The maximum atomic E-state index is 6.23. The van der Waals surface area contributed by atoms with Gasteiger partial charge in [0.2, 0.25) is 0 Å². The normalized spacial score (nSPS) is 14.2.